The van der Waals surface area contributed by atoms with Crippen molar-refractivity contribution in [1.82, 2.24) is 10.2 Å². The Labute approximate surface area is 166 Å². The van der Waals surface area contributed by atoms with E-state index in [0.717, 1.165) is 16.9 Å². The highest BCUT2D eigenvalue weighted by molar-refractivity contribution is 5.84. The third kappa shape index (κ3) is 4.35. The molecule has 28 heavy (non-hydrogen) atoms. The van der Waals surface area contributed by atoms with Crippen LogP contribution in [0.1, 0.15) is 30.9 Å². The first kappa shape index (κ1) is 19.9. The van der Waals surface area contributed by atoms with Crippen molar-refractivity contribution in [2.75, 3.05) is 20.2 Å². The average molecular weight is 380 g/mol. The largest absolute Gasteiger partial charge is 0.496 e. The number of nitrogens with zero attached hydrogens (tertiary/aromatic N) is 1. The topological polar surface area (TPSA) is 58.6 Å². The number of likely N-dealkylation sites (tertiary alicyclic amines) is 1. The molecule has 0 aliphatic carbocycles. The van der Waals surface area contributed by atoms with Crippen molar-refractivity contribution in [3.63, 3.8) is 0 Å². The van der Waals surface area contributed by atoms with E-state index in [1.54, 1.807) is 7.11 Å². The van der Waals surface area contributed by atoms with Crippen molar-refractivity contribution in [2.45, 2.75) is 26.3 Å². The molecule has 3 rings (SSSR count). The fourth-order valence-corrected chi connectivity index (χ4v) is 3.82. The fourth-order valence-electron chi connectivity index (χ4n) is 3.82. The molecule has 2 amide bonds. The fraction of sp³-hybridized carbons (Fsp3) is 0.391. The second kappa shape index (κ2) is 8.91. The second-order valence-electron chi connectivity index (χ2n) is 7.56. The summed E-state index contributed by atoms with van der Waals surface area (Å²) in [6, 6.07) is 17.6. The lowest BCUT2D eigenvalue weighted by Crippen LogP contribution is -2.36. The summed E-state index contributed by atoms with van der Waals surface area (Å²) < 4.78 is 5.52. The van der Waals surface area contributed by atoms with E-state index in [9.17, 15) is 9.59 Å². The molecule has 0 saturated carbocycles. The van der Waals surface area contributed by atoms with Crippen molar-refractivity contribution >= 4 is 11.8 Å². The third-order valence-corrected chi connectivity index (χ3v) is 5.31. The predicted octanol–water partition coefficient (Wildman–Crippen LogP) is 3.21. The van der Waals surface area contributed by atoms with E-state index in [-0.39, 0.29) is 29.6 Å². The summed E-state index contributed by atoms with van der Waals surface area (Å²) in [5.74, 6) is 0.325. The lowest BCUT2D eigenvalue weighted by molar-refractivity contribution is -0.133. The summed E-state index contributed by atoms with van der Waals surface area (Å²) in [7, 11) is 1.63. The highest BCUT2D eigenvalue weighted by Gasteiger charge is 2.41. The Morgan fingerprint density at radius 3 is 2.43 bits per heavy atom. The average Bonchev–Trinajstić information content (AvgIpc) is 3.17. The van der Waals surface area contributed by atoms with E-state index in [1.165, 1.54) is 0 Å². The first-order chi connectivity index (χ1) is 13.5. The summed E-state index contributed by atoms with van der Waals surface area (Å²) >= 11 is 0. The van der Waals surface area contributed by atoms with Crippen molar-refractivity contribution in [3.8, 4) is 5.75 Å². The Morgan fingerprint density at radius 2 is 1.75 bits per heavy atom. The van der Waals surface area contributed by atoms with Gasteiger partial charge in [-0.1, -0.05) is 62.4 Å². The van der Waals surface area contributed by atoms with Gasteiger partial charge >= 0.3 is 0 Å². The van der Waals surface area contributed by atoms with Crippen molar-refractivity contribution in [2.24, 2.45) is 11.8 Å². The predicted molar refractivity (Wildman–Crippen MR) is 109 cm³/mol. The zero-order valence-electron chi connectivity index (χ0n) is 16.7. The first-order valence-electron chi connectivity index (χ1n) is 9.74. The van der Waals surface area contributed by atoms with Crippen LogP contribution in [0.5, 0.6) is 5.75 Å². The van der Waals surface area contributed by atoms with Crippen molar-refractivity contribution in [1.29, 1.82) is 0 Å². The monoisotopic (exact) mass is 380 g/mol. The second-order valence-corrected chi connectivity index (χ2v) is 7.56. The molecule has 5 nitrogen and oxygen atoms in total. The van der Waals surface area contributed by atoms with Gasteiger partial charge < -0.3 is 15.0 Å². The molecule has 2 aromatic carbocycles. The number of carbonyl (C=O) groups is 2. The van der Waals surface area contributed by atoms with Gasteiger partial charge in [0.1, 0.15) is 5.75 Å². The van der Waals surface area contributed by atoms with Gasteiger partial charge in [0.05, 0.1) is 13.0 Å². The van der Waals surface area contributed by atoms with E-state index in [1.807, 2.05) is 73.3 Å². The maximum absolute atomic E-state index is 13.1. The zero-order valence-corrected chi connectivity index (χ0v) is 16.7. The van der Waals surface area contributed by atoms with Crippen LogP contribution >= 0.6 is 0 Å². The van der Waals surface area contributed by atoms with E-state index >= 15 is 0 Å². The number of nitrogens with one attached hydrogen (secondary N) is 1. The van der Waals surface area contributed by atoms with Crippen LogP contribution in [0.2, 0.25) is 0 Å². The van der Waals surface area contributed by atoms with Gasteiger partial charge in [-0.2, -0.15) is 0 Å². The minimum atomic E-state index is -0.303. The third-order valence-electron chi connectivity index (χ3n) is 5.31. The molecule has 0 aromatic heterocycles. The lowest BCUT2D eigenvalue weighted by Gasteiger charge is -2.20. The Morgan fingerprint density at radius 1 is 1.07 bits per heavy atom. The molecule has 1 saturated heterocycles. The van der Waals surface area contributed by atoms with E-state index in [2.05, 4.69) is 5.32 Å². The van der Waals surface area contributed by atoms with Crippen LogP contribution in [-0.4, -0.2) is 36.9 Å². The number of methoxy groups -OCH3 is 1. The van der Waals surface area contributed by atoms with Crippen molar-refractivity contribution in [3.05, 3.63) is 65.7 Å². The normalized spacial score (nSPS) is 18.9. The minimum absolute atomic E-state index is 0.0289. The van der Waals surface area contributed by atoms with Gasteiger partial charge in [0.25, 0.3) is 0 Å². The number of hydrogen-bond donors (Lipinski definition) is 1. The molecular formula is C23H28N2O3. The summed E-state index contributed by atoms with van der Waals surface area (Å²) in [6.07, 6.45) is 0. The van der Waals surface area contributed by atoms with Crippen LogP contribution < -0.4 is 10.1 Å². The van der Waals surface area contributed by atoms with Crippen LogP contribution in [0.25, 0.3) is 0 Å². The molecule has 148 valence electrons. The molecule has 1 aliphatic rings. The molecule has 0 radical (unpaired) electrons. The van der Waals surface area contributed by atoms with Crippen LogP contribution in [0.3, 0.4) is 0 Å². The number of benzene rings is 2. The Hall–Kier alpha value is -2.82. The molecule has 1 fully saturated rings. The molecule has 1 aliphatic heterocycles. The molecule has 1 N–H and O–H groups in total. The summed E-state index contributed by atoms with van der Waals surface area (Å²) in [5, 5.41) is 3.05. The Balaban J connectivity index is 1.82. The maximum Gasteiger partial charge on any atom is 0.225 e. The lowest BCUT2D eigenvalue weighted by atomic mass is 9.87. The highest BCUT2D eigenvalue weighted by atomic mass is 16.5. The van der Waals surface area contributed by atoms with Crippen LogP contribution in [0, 0.1) is 11.8 Å². The molecule has 0 unspecified atom stereocenters. The van der Waals surface area contributed by atoms with Gasteiger partial charge in [-0.3, -0.25) is 9.59 Å². The van der Waals surface area contributed by atoms with Crippen LogP contribution in [0.4, 0.5) is 0 Å². The number of para-hydroxylation sites is 1. The zero-order chi connectivity index (χ0) is 20.1. The van der Waals surface area contributed by atoms with Crippen molar-refractivity contribution < 1.29 is 14.3 Å². The SMILES string of the molecule is COc1ccccc1[C@@H]1CN(C(=O)C(C)C)C[C@H]1C(=O)NCc1ccccc1. The molecule has 5 heteroatoms. The van der Waals surface area contributed by atoms with Gasteiger partial charge in [0, 0.05) is 31.5 Å². The van der Waals surface area contributed by atoms with Gasteiger partial charge in [-0.05, 0) is 17.2 Å². The first-order valence-corrected chi connectivity index (χ1v) is 9.74. The number of amides is 2. The van der Waals surface area contributed by atoms with Crippen LogP contribution in [-0.2, 0) is 16.1 Å². The van der Waals surface area contributed by atoms with E-state index in [0.29, 0.717) is 19.6 Å². The molecule has 2 aromatic rings. The van der Waals surface area contributed by atoms with Gasteiger partial charge in [0.2, 0.25) is 11.8 Å². The summed E-state index contributed by atoms with van der Waals surface area (Å²) in [4.78, 5) is 27.5. The highest BCUT2D eigenvalue weighted by Crippen LogP contribution is 2.38. The van der Waals surface area contributed by atoms with Gasteiger partial charge in [0.15, 0.2) is 0 Å². The maximum atomic E-state index is 13.1. The Bertz CT molecular complexity index is 820. The summed E-state index contributed by atoms with van der Waals surface area (Å²) in [5.41, 5.74) is 2.03. The number of hydrogen-bond acceptors (Lipinski definition) is 3. The molecular weight excluding hydrogens is 352 g/mol. The number of carbonyl (C=O) groups excluding carboxylic acids is 2. The Kier molecular flexibility index (Phi) is 6.34. The molecule has 1 heterocycles. The van der Waals surface area contributed by atoms with Crippen LogP contribution in [0.15, 0.2) is 54.6 Å². The van der Waals surface area contributed by atoms with E-state index in [4.69, 9.17) is 4.74 Å². The smallest absolute Gasteiger partial charge is 0.225 e. The number of ether oxygens (including phenoxy) is 1. The standard InChI is InChI=1S/C23H28N2O3/c1-16(2)23(27)25-14-19(18-11-7-8-12-21(18)28-3)20(15-25)22(26)24-13-17-9-5-4-6-10-17/h4-12,16,19-20H,13-15H2,1-3H3,(H,24,26)/t19-,20+/m0/s1. The van der Waals surface area contributed by atoms with Gasteiger partial charge in [-0.25, -0.2) is 0 Å². The van der Waals surface area contributed by atoms with Gasteiger partial charge in [-0.15, -0.1) is 0 Å². The van der Waals surface area contributed by atoms with E-state index < -0.39 is 0 Å². The molecule has 2 atom stereocenters. The molecule has 0 spiro atoms. The molecule has 0 bridgehead atoms. The minimum Gasteiger partial charge on any atom is -0.496 e. The summed E-state index contributed by atoms with van der Waals surface area (Å²) in [6.45, 7) is 5.22. The number of rotatable bonds is 6. The quantitative estimate of drug-likeness (QED) is 0.837.